The van der Waals surface area contributed by atoms with Crippen LogP contribution in [-0.4, -0.2) is 36.0 Å². The molecule has 0 spiro atoms. The number of phenolic OH excluding ortho intramolecular Hbond substituents is 2. The quantitative estimate of drug-likeness (QED) is 0.439. The summed E-state index contributed by atoms with van der Waals surface area (Å²) in [7, 11) is 2.82. The molecule has 2 N–H and O–H groups in total. The summed E-state index contributed by atoms with van der Waals surface area (Å²) in [5, 5.41) is 19.3. The van der Waals surface area contributed by atoms with E-state index in [-0.39, 0.29) is 34.3 Å². The first-order valence-corrected chi connectivity index (χ1v) is 8.22. The van der Waals surface area contributed by atoms with Crippen LogP contribution in [0.25, 0.3) is 6.08 Å². The number of ketones is 2. The first-order chi connectivity index (χ1) is 12.7. The van der Waals surface area contributed by atoms with Crippen LogP contribution in [0.2, 0.25) is 0 Å². The normalized spacial score (nSPS) is 11.4. The minimum atomic E-state index is -1.31. The predicted molar refractivity (Wildman–Crippen MR) is 101 cm³/mol. The van der Waals surface area contributed by atoms with E-state index in [4.69, 9.17) is 9.47 Å². The minimum Gasteiger partial charge on any atom is -0.504 e. The molecule has 0 aliphatic rings. The van der Waals surface area contributed by atoms with Crippen molar-refractivity contribution in [3.63, 3.8) is 0 Å². The van der Waals surface area contributed by atoms with Gasteiger partial charge in [0.2, 0.25) is 0 Å². The Morgan fingerprint density at radius 2 is 1.48 bits per heavy atom. The molecule has 0 amide bonds. The van der Waals surface area contributed by atoms with E-state index in [9.17, 15) is 19.8 Å². The van der Waals surface area contributed by atoms with Gasteiger partial charge in [0.05, 0.1) is 19.6 Å². The van der Waals surface area contributed by atoms with Gasteiger partial charge in [-0.2, -0.15) is 0 Å². The molecule has 6 nitrogen and oxygen atoms in total. The average Bonchev–Trinajstić information content (AvgIpc) is 2.66. The first-order valence-electron chi connectivity index (χ1n) is 8.22. The molecule has 0 aliphatic carbocycles. The van der Waals surface area contributed by atoms with Crippen molar-refractivity contribution in [3.8, 4) is 23.0 Å². The van der Waals surface area contributed by atoms with Crippen molar-refractivity contribution in [2.75, 3.05) is 14.2 Å². The Kier molecular flexibility index (Phi) is 5.90. The summed E-state index contributed by atoms with van der Waals surface area (Å²) in [6.45, 7) is 3.08. The Labute approximate surface area is 157 Å². The van der Waals surface area contributed by atoms with Crippen LogP contribution in [0.1, 0.15) is 29.8 Å². The number of phenols is 2. The Balaban J connectivity index is 2.24. The summed E-state index contributed by atoms with van der Waals surface area (Å²) in [5.74, 6) is -0.408. The third-order valence-corrected chi connectivity index (χ3v) is 4.26. The van der Waals surface area contributed by atoms with E-state index < -0.39 is 11.2 Å². The fourth-order valence-electron chi connectivity index (χ4n) is 2.47. The van der Waals surface area contributed by atoms with Crippen LogP contribution < -0.4 is 9.47 Å². The molecule has 0 fully saturated rings. The van der Waals surface area contributed by atoms with Crippen LogP contribution in [0.4, 0.5) is 0 Å². The van der Waals surface area contributed by atoms with Crippen LogP contribution in [0.5, 0.6) is 23.0 Å². The number of ether oxygens (including phenoxy) is 2. The van der Waals surface area contributed by atoms with Crippen LogP contribution in [-0.2, 0) is 4.79 Å². The lowest BCUT2D eigenvalue weighted by Gasteiger charge is -2.20. The highest BCUT2D eigenvalue weighted by molar-refractivity contribution is 6.18. The number of carbonyl (C=O) groups is 2. The zero-order chi connectivity index (χ0) is 20.2. The lowest BCUT2D eigenvalue weighted by molar-refractivity contribution is -0.120. The third-order valence-electron chi connectivity index (χ3n) is 4.26. The van der Waals surface area contributed by atoms with Gasteiger partial charge >= 0.3 is 0 Å². The molecular weight excluding hydrogens is 348 g/mol. The molecule has 0 atom stereocenters. The largest absolute Gasteiger partial charge is 0.504 e. The fourth-order valence-corrected chi connectivity index (χ4v) is 2.47. The predicted octanol–water partition coefficient (Wildman–Crippen LogP) is 3.61. The first kappa shape index (κ1) is 20.0. The van der Waals surface area contributed by atoms with Gasteiger partial charge in [-0.3, -0.25) is 9.59 Å². The number of benzene rings is 2. The van der Waals surface area contributed by atoms with E-state index in [1.165, 1.54) is 44.6 Å². The molecular formula is C21H22O6. The molecule has 2 aromatic carbocycles. The summed E-state index contributed by atoms with van der Waals surface area (Å²) in [4.78, 5) is 25.4. The third kappa shape index (κ3) is 4.28. The number of allylic oxidation sites excluding steroid dienone is 1. The van der Waals surface area contributed by atoms with Gasteiger partial charge in [-0.05, 0) is 55.8 Å². The monoisotopic (exact) mass is 370 g/mol. The topological polar surface area (TPSA) is 93.1 Å². The van der Waals surface area contributed by atoms with Crippen LogP contribution in [0.15, 0.2) is 42.5 Å². The fraction of sp³-hybridized carbons (Fsp3) is 0.238. The minimum absolute atomic E-state index is 0.00207. The van der Waals surface area contributed by atoms with Gasteiger partial charge in [0, 0.05) is 5.56 Å². The van der Waals surface area contributed by atoms with E-state index in [0.717, 1.165) is 0 Å². The maximum absolute atomic E-state index is 12.8. The molecule has 142 valence electrons. The summed E-state index contributed by atoms with van der Waals surface area (Å²) < 4.78 is 10.0. The molecule has 0 aliphatic heterocycles. The van der Waals surface area contributed by atoms with Gasteiger partial charge < -0.3 is 19.7 Å². The number of carbonyl (C=O) groups excluding carboxylic acids is 2. The molecule has 6 heteroatoms. The number of Topliss-reactive ketones (excluding diaryl/α,β-unsaturated/α-hetero) is 1. The standard InChI is InChI=1S/C21H22O6/c1-21(2,20(25)14-7-9-16(23)18(12-14)27-4)19(24)10-6-13-5-8-15(22)17(11-13)26-3/h5-12,22-23H,1-4H3/b10-6+. The van der Waals surface area contributed by atoms with E-state index in [1.54, 1.807) is 32.1 Å². The second kappa shape index (κ2) is 7.95. The van der Waals surface area contributed by atoms with E-state index in [2.05, 4.69) is 0 Å². The van der Waals surface area contributed by atoms with Crippen molar-refractivity contribution in [2.45, 2.75) is 13.8 Å². The maximum Gasteiger partial charge on any atom is 0.176 e. The average molecular weight is 370 g/mol. The molecule has 2 aromatic rings. The summed E-state index contributed by atoms with van der Waals surface area (Å²) in [6.07, 6.45) is 2.87. The second-order valence-electron chi connectivity index (χ2n) is 6.47. The highest BCUT2D eigenvalue weighted by Crippen LogP contribution is 2.31. The molecule has 0 bridgehead atoms. The molecule has 0 aromatic heterocycles. The molecule has 0 saturated heterocycles. The smallest absolute Gasteiger partial charge is 0.176 e. The van der Waals surface area contributed by atoms with Gasteiger partial charge in [-0.1, -0.05) is 12.1 Å². The van der Waals surface area contributed by atoms with E-state index >= 15 is 0 Å². The van der Waals surface area contributed by atoms with Gasteiger partial charge in [-0.15, -0.1) is 0 Å². The van der Waals surface area contributed by atoms with Crippen LogP contribution in [0, 0.1) is 5.41 Å². The molecule has 0 heterocycles. The molecule has 2 rings (SSSR count). The van der Waals surface area contributed by atoms with Crippen molar-refractivity contribution >= 4 is 17.6 Å². The van der Waals surface area contributed by atoms with Gasteiger partial charge in [0.1, 0.15) is 0 Å². The lowest BCUT2D eigenvalue weighted by Crippen LogP contribution is -2.32. The summed E-state index contributed by atoms with van der Waals surface area (Å²) in [6, 6.07) is 8.87. The number of rotatable bonds is 7. The van der Waals surface area contributed by atoms with Crippen molar-refractivity contribution in [3.05, 3.63) is 53.6 Å². The van der Waals surface area contributed by atoms with Crippen molar-refractivity contribution < 1.29 is 29.3 Å². The second-order valence-corrected chi connectivity index (χ2v) is 6.47. The zero-order valence-corrected chi connectivity index (χ0v) is 15.6. The Hall–Kier alpha value is -3.28. The van der Waals surface area contributed by atoms with Crippen molar-refractivity contribution in [2.24, 2.45) is 5.41 Å². The zero-order valence-electron chi connectivity index (χ0n) is 15.6. The van der Waals surface area contributed by atoms with Crippen LogP contribution >= 0.6 is 0 Å². The Morgan fingerprint density at radius 3 is 2.07 bits per heavy atom. The number of hydrogen-bond acceptors (Lipinski definition) is 6. The summed E-state index contributed by atoms with van der Waals surface area (Å²) in [5.41, 5.74) is -0.394. The Morgan fingerprint density at radius 1 is 0.926 bits per heavy atom. The van der Waals surface area contributed by atoms with Crippen LogP contribution in [0.3, 0.4) is 0 Å². The van der Waals surface area contributed by atoms with E-state index in [0.29, 0.717) is 5.56 Å². The molecule has 0 unspecified atom stereocenters. The van der Waals surface area contributed by atoms with E-state index in [1.807, 2.05) is 0 Å². The highest BCUT2D eigenvalue weighted by atomic mass is 16.5. The van der Waals surface area contributed by atoms with Crippen molar-refractivity contribution in [1.82, 2.24) is 0 Å². The lowest BCUT2D eigenvalue weighted by atomic mass is 9.80. The van der Waals surface area contributed by atoms with Gasteiger partial charge in [-0.25, -0.2) is 0 Å². The van der Waals surface area contributed by atoms with Crippen molar-refractivity contribution in [1.29, 1.82) is 0 Å². The highest BCUT2D eigenvalue weighted by Gasteiger charge is 2.35. The maximum atomic E-state index is 12.8. The Bertz CT molecular complexity index is 896. The van der Waals surface area contributed by atoms with Gasteiger partial charge in [0.15, 0.2) is 34.6 Å². The molecule has 27 heavy (non-hydrogen) atoms. The number of aromatic hydroxyl groups is 2. The molecule has 0 saturated carbocycles. The SMILES string of the molecule is COc1cc(/C=C/C(=O)C(C)(C)C(=O)c2ccc(O)c(OC)c2)ccc1O. The number of hydrogen-bond donors (Lipinski definition) is 2. The summed E-state index contributed by atoms with van der Waals surface area (Å²) >= 11 is 0. The number of methoxy groups -OCH3 is 2. The van der Waals surface area contributed by atoms with Gasteiger partial charge in [0.25, 0.3) is 0 Å². The molecule has 0 radical (unpaired) electrons.